The fourth-order valence-corrected chi connectivity index (χ4v) is 3.25. The maximum absolute atomic E-state index is 5.09. The second kappa shape index (κ2) is 12.5. The van der Waals surface area contributed by atoms with Crippen LogP contribution in [0.3, 0.4) is 0 Å². The Hall–Kier alpha value is -1.77. The maximum Gasteiger partial charge on any atom is 0.0849 e. The van der Waals surface area contributed by atoms with Crippen LogP contribution in [-0.2, 0) is 17.1 Å². The Labute approximate surface area is 207 Å². The minimum absolute atomic E-state index is 0. The van der Waals surface area contributed by atoms with E-state index in [2.05, 4.69) is 86.6 Å². The zero-order valence-electron chi connectivity index (χ0n) is 21.9. The number of para-hydroxylation sites is 1. The van der Waals surface area contributed by atoms with Crippen LogP contribution in [0.4, 0.5) is 5.69 Å². The molecule has 0 bridgehead atoms. The van der Waals surface area contributed by atoms with E-state index in [9.17, 15) is 0 Å². The van der Waals surface area contributed by atoms with Crippen LogP contribution in [0, 0.1) is 12.8 Å². The zero-order chi connectivity index (χ0) is 22.6. The predicted molar refractivity (Wildman–Crippen MR) is 138 cm³/mol. The van der Waals surface area contributed by atoms with Gasteiger partial charge in [-0.15, -0.1) is 0 Å². The summed E-state index contributed by atoms with van der Waals surface area (Å²) in [7, 11) is 0. The molecule has 0 saturated carbocycles. The number of benzene rings is 1. The van der Waals surface area contributed by atoms with Crippen molar-refractivity contribution in [3.63, 3.8) is 0 Å². The van der Waals surface area contributed by atoms with E-state index < -0.39 is 0 Å². The van der Waals surface area contributed by atoms with Gasteiger partial charge in [-0.1, -0.05) is 72.7 Å². The standard InChI is InChI=1S/C27H39N3.CH3.Fe/c1-17(2)22-13-11-14-23(18(3)4)26(22)29-20(6)25-16-12-15-24(30-25)19(5)28-21(7)27(8,9)10;;/h11-18,21H,1-10H3;1H3;/q;-1;/t21-;;/m1../s1. The van der Waals surface area contributed by atoms with Crippen LogP contribution in [0.5, 0.6) is 0 Å². The van der Waals surface area contributed by atoms with Gasteiger partial charge < -0.3 is 7.43 Å². The van der Waals surface area contributed by atoms with Gasteiger partial charge in [-0.05, 0) is 61.3 Å². The molecule has 1 heterocycles. The molecule has 2 rings (SSSR count). The number of pyridine rings is 1. The number of hydrogen-bond acceptors (Lipinski definition) is 3. The van der Waals surface area contributed by atoms with E-state index in [-0.39, 0.29) is 36.0 Å². The van der Waals surface area contributed by atoms with Crippen molar-refractivity contribution < 1.29 is 17.1 Å². The van der Waals surface area contributed by atoms with E-state index in [1.165, 1.54) is 11.1 Å². The second-order valence-electron chi connectivity index (χ2n) is 9.96. The Bertz CT molecular complexity index is 908. The van der Waals surface area contributed by atoms with Gasteiger partial charge in [0.05, 0.1) is 34.5 Å². The minimum Gasteiger partial charge on any atom is -0.358 e. The smallest absolute Gasteiger partial charge is 0.0849 e. The average molecular weight is 477 g/mol. The molecule has 0 radical (unpaired) electrons. The molecule has 0 aliphatic carbocycles. The van der Waals surface area contributed by atoms with Crippen LogP contribution < -0.4 is 0 Å². The third-order valence-corrected chi connectivity index (χ3v) is 5.75. The third-order valence-electron chi connectivity index (χ3n) is 5.75. The van der Waals surface area contributed by atoms with E-state index in [1.54, 1.807) is 0 Å². The third kappa shape index (κ3) is 7.67. The van der Waals surface area contributed by atoms with Gasteiger partial charge >= 0.3 is 0 Å². The SMILES string of the molecule is CC(=Nc1c(C(C)C)cccc1C(C)C)c1cccc(C(C)=N[C@H](C)C(C)(C)C)n1.[CH3-].[Fe]. The summed E-state index contributed by atoms with van der Waals surface area (Å²) in [6, 6.07) is 12.9. The van der Waals surface area contributed by atoms with Crippen LogP contribution in [0.2, 0.25) is 0 Å². The fraction of sp³-hybridized carbons (Fsp3) is 0.500. The molecule has 178 valence electrons. The largest absolute Gasteiger partial charge is 0.358 e. The molecule has 0 amide bonds. The van der Waals surface area contributed by atoms with Crippen molar-refractivity contribution in [2.75, 3.05) is 0 Å². The van der Waals surface area contributed by atoms with E-state index in [1.807, 2.05) is 19.1 Å². The first-order valence-corrected chi connectivity index (χ1v) is 11.1. The Kier molecular flexibility index (Phi) is 11.8. The van der Waals surface area contributed by atoms with Crippen LogP contribution in [0.1, 0.15) is 104 Å². The van der Waals surface area contributed by atoms with Crippen LogP contribution in [0.25, 0.3) is 0 Å². The van der Waals surface area contributed by atoms with Crippen molar-refractivity contribution >= 4 is 17.1 Å². The first-order valence-electron chi connectivity index (χ1n) is 11.1. The van der Waals surface area contributed by atoms with E-state index in [4.69, 9.17) is 15.0 Å². The molecule has 4 heteroatoms. The summed E-state index contributed by atoms with van der Waals surface area (Å²) in [4.78, 5) is 14.9. The van der Waals surface area contributed by atoms with E-state index in [0.717, 1.165) is 28.5 Å². The molecule has 1 atom stereocenters. The van der Waals surface area contributed by atoms with Crippen molar-refractivity contribution in [1.29, 1.82) is 0 Å². The summed E-state index contributed by atoms with van der Waals surface area (Å²) in [6.45, 7) is 21.8. The number of aliphatic imine (C=N–C) groups is 2. The molecule has 32 heavy (non-hydrogen) atoms. The Morgan fingerprint density at radius 2 is 1.22 bits per heavy atom. The number of nitrogens with zero attached hydrogens (tertiary/aromatic N) is 3. The van der Waals surface area contributed by atoms with Crippen molar-refractivity contribution in [1.82, 2.24) is 4.98 Å². The molecule has 0 aliphatic heterocycles. The molecule has 0 N–H and O–H groups in total. The Balaban J connectivity index is 0.00000480. The summed E-state index contributed by atoms with van der Waals surface area (Å²) < 4.78 is 0. The predicted octanol–water partition coefficient (Wildman–Crippen LogP) is 8.16. The Morgan fingerprint density at radius 3 is 1.66 bits per heavy atom. The topological polar surface area (TPSA) is 37.6 Å². The van der Waals surface area contributed by atoms with Crippen molar-refractivity contribution in [3.05, 3.63) is 66.3 Å². The quantitative estimate of drug-likeness (QED) is 0.235. The monoisotopic (exact) mass is 476 g/mol. The molecule has 0 fully saturated rings. The molecule has 1 aromatic heterocycles. The number of hydrogen-bond donors (Lipinski definition) is 0. The molecule has 0 aliphatic rings. The first-order chi connectivity index (χ1) is 13.9. The molecule has 1 aromatic carbocycles. The summed E-state index contributed by atoms with van der Waals surface area (Å²) in [6.07, 6.45) is 0. The van der Waals surface area contributed by atoms with Crippen LogP contribution in [0.15, 0.2) is 46.4 Å². The Morgan fingerprint density at radius 1 is 0.781 bits per heavy atom. The molecule has 3 nitrogen and oxygen atoms in total. The summed E-state index contributed by atoms with van der Waals surface area (Å²) in [5, 5.41) is 0. The van der Waals surface area contributed by atoms with Crippen molar-refractivity contribution in [2.45, 2.75) is 87.1 Å². The van der Waals surface area contributed by atoms with E-state index >= 15 is 0 Å². The fourth-order valence-electron chi connectivity index (χ4n) is 3.25. The van der Waals surface area contributed by atoms with Gasteiger partial charge in [-0.2, -0.15) is 0 Å². The summed E-state index contributed by atoms with van der Waals surface area (Å²) in [5.41, 5.74) is 7.52. The molecule has 0 saturated heterocycles. The number of rotatable bonds is 6. The van der Waals surface area contributed by atoms with Crippen LogP contribution >= 0.6 is 0 Å². The summed E-state index contributed by atoms with van der Waals surface area (Å²) in [5.74, 6) is 0.839. The van der Waals surface area contributed by atoms with Gasteiger partial charge in [-0.25, -0.2) is 4.98 Å². The van der Waals surface area contributed by atoms with Gasteiger partial charge in [0, 0.05) is 17.1 Å². The molecular weight excluding hydrogens is 434 g/mol. The first kappa shape index (κ1) is 30.2. The maximum atomic E-state index is 5.09. The summed E-state index contributed by atoms with van der Waals surface area (Å²) >= 11 is 0. The van der Waals surface area contributed by atoms with Crippen molar-refractivity contribution in [2.24, 2.45) is 15.4 Å². The zero-order valence-corrected chi connectivity index (χ0v) is 23.0. The van der Waals surface area contributed by atoms with Gasteiger partial charge in [-0.3, -0.25) is 9.98 Å². The minimum atomic E-state index is 0. The normalized spacial score (nSPS) is 13.6. The van der Waals surface area contributed by atoms with Crippen molar-refractivity contribution in [3.8, 4) is 0 Å². The van der Waals surface area contributed by atoms with E-state index in [0.29, 0.717) is 11.8 Å². The van der Waals surface area contributed by atoms with Gasteiger partial charge in [0.1, 0.15) is 0 Å². The van der Waals surface area contributed by atoms with Gasteiger partial charge in [0.25, 0.3) is 0 Å². The number of aromatic nitrogens is 1. The average Bonchev–Trinajstić information content (AvgIpc) is 2.66. The molecule has 0 unspecified atom stereocenters. The van der Waals surface area contributed by atoms with Gasteiger partial charge in [0.15, 0.2) is 0 Å². The molecule has 2 aromatic rings. The second-order valence-corrected chi connectivity index (χ2v) is 9.96. The molecular formula is C28H42FeN3-. The molecule has 0 spiro atoms. The van der Waals surface area contributed by atoms with Gasteiger partial charge in [0.2, 0.25) is 0 Å². The van der Waals surface area contributed by atoms with Crippen LogP contribution in [-0.4, -0.2) is 22.4 Å².